The van der Waals surface area contributed by atoms with Crippen molar-refractivity contribution < 1.29 is 0 Å². The van der Waals surface area contributed by atoms with Gasteiger partial charge in [0.15, 0.2) is 0 Å². The van der Waals surface area contributed by atoms with Gasteiger partial charge in [-0.25, -0.2) is 4.79 Å². The molecule has 1 aliphatic carbocycles. The van der Waals surface area contributed by atoms with Crippen LogP contribution in [0.1, 0.15) is 0 Å². The molecule has 0 bridgehead atoms. The second-order valence-corrected chi connectivity index (χ2v) is 4.49. The van der Waals surface area contributed by atoms with E-state index in [2.05, 4.69) is 5.32 Å². The van der Waals surface area contributed by atoms with Crippen LogP contribution in [0.2, 0.25) is 0 Å². The molecule has 76 valence electrons. The summed E-state index contributed by atoms with van der Waals surface area (Å²) in [6.07, 6.45) is 3.72. The van der Waals surface area contributed by atoms with E-state index in [1.165, 1.54) is 0 Å². The standard InChI is InChI=1S/C10H15N3O/c1-12-2-3-13(10(12)14)6-9-7-4-11-5-8(7)9/h2-3,7-9,11H,4-6H2,1H3. The van der Waals surface area contributed by atoms with Gasteiger partial charge in [0.25, 0.3) is 0 Å². The van der Waals surface area contributed by atoms with Crippen LogP contribution in [0.4, 0.5) is 0 Å². The number of fused-ring (bicyclic) bond motifs is 1. The molecule has 0 amide bonds. The molecule has 4 heteroatoms. The molecule has 2 unspecified atom stereocenters. The van der Waals surface area contributed by atoms with Crippen LogP contribution in [-0.2, 0) is 13.6 Å². The van der Waals surface area contributed by atoms with Crippen molar-refractivity contribution in [3.63, 3.8) is 0 Å². The summed E-state index contributed by atoms with van der Waals surface area (Å²) in [4.78, 5) is 11.6. The molecule has 14 heavy (non-hydrogen) atoms. The third-order valence-corrected chi connectivity index (χ3v) is 3.69. The van der Waals surface area contributed by atoms with E-state index >= 15 is 0 Å². The van der Waals surface area contributed by atoms with Gasteiger partial charge >= 0.3 is 5.69 Å². The van der Waals surface area contributed by atoms with Crippen molar-refractivity contribution in [3.8, 4) is 0 Å². The van der Waals surface area contributed by atoms with Gasteiger partial charge in [0, 0.05) is 26.0 Å². The first-order chi connectivity index (χ1) is 6.77. The summed E-state index contributed by atoms with van der Waals surface area (Å²) >= 11 is 0. The van der Waals surface area contributed by atoms with Crippen LogP contribution >= 0.6 is 0 Å². The fourth-order valence-corrected chi connectivity index (χ4v) is 2.69. The molecule has 1 aromatic heterocycles. The molecule has 4 nitrogen and oxygen atoms in total. The van der Waals surface area contributed by atoms with Gasteiger partial charge < -0.3 is 9.88 Å². The lowest BCUT2D eigenvalue weighted by Crippen LogP contribution is -2.25. The molecule has 0 spiro atoms. The molecule has 0 aromatic carbocycles. The number of rotatable bonds is 2. The Morgan fingerprint density at radius 3 is 2.71 bits per heavy atom. The maximum Gasteiger partial charge on any atom is 0.327 e. The van der Waals surface area contributed by atoms with E-state index in [0.29, 0.717) is 0 Å². The molecular weight excluding hydrogens is 178 g/mol. The number of nitrogens with zero attached hydrogens (tertiary/aromatic N) is 2. The van der Waals surface area contributed by atoms with Crippen molar-refractivity contribution in [1.82, 2.24) is 14.5 Å². The SMILES string of the molecule is Cn1ccn(CC2C3CNCC32)c1=O. The van der Waals surface area contributed by atoms with Crippen molar-refractivity contribution >= 4 is 0 Å². The fourth-order valence-electron chi connectivity index (χ4n) is 2.69. The molecule has 1 N–H and O–H groups in total. The first-order valence-electron chi connectivity index (χ1n) is 5.20. The lowest BCUT2D eigenvalue weighted by molar-refractivity contribution is 0.503. The molecule has 1 aromatic rings. The van der Waals surface area contributed by atoms with E-state index in [1.54, 1.807) is 11.6 Å². The van der Waals surface area contributed by atoms with Crippen LogP contribution in [0.25, 0.3) is 0 Å². The Hall–Kier alpha value is -1.03. The zero-order valence-electron chi connectivity index (χ0n) is 8.31. The Bertz CT molecular complexity index is 396. The smallest absolute Gasteiger partial charge is 0.316 e. The largest absolute Gasteiger partial charge is 0.327 e. The highest BCUT2D eigenvalue weighted by atomic mass is 16.1. The molecule has 3 rings (SSSR count). The Morgan fingerprint density at radius 1 is 1.43 bits per heavy atom. The van der Waals surface area contributed by atoms with E-state index in [1.807, 2.05) is 17.0 Å². The summed E-state index contributed by atoms with van der Waals surface area (Å²) in [5.74, 6) is 2.42. The second kappa shape index (κ2) is 2.73. The monoisotopic (exact) mass is 193 g/mol. The predicted octanol–water partition coefficient (Wildman–Crippen LogP) is -0.348. The maximum atomic E-state index is 11.6. The average molecular weight is 193 g/mol. The number of nitrogens with one attached hydrogen (secondary N) is 1. The Morgan fingerprint density at radius 2 is 2.14 bits per heavy atom. The van der Waals surface area contributed by atoms with Gasteiger partial charge in [-0.15, -0.1) is 0 Å². The number of hydrogen-bond donors (Lipinski definition) is 1. The van der Waals surface area contributed by atoms with Crippen molar-refractivity contribution in [2.45, 2.75) is 6.54 Å². The number of aromatic nitrogens is 2. The molecule has 0 radical (unpaired) electrons. The highest BCUT2D eigenvalue weighted by Crippen LogP contribution is 2.49. The zero-order valence-corrected chi connectivity index (χ0v) is 8.31. The van der Waals surface area contributed by atoms with E-state index in [4.69, 9.17) is 0 Å². The third-order valence-electron chi connectivity index (χ3n) is 3.69. The molecule has 2 fully saturated rings. The van der Waals surface area contributed by atoms with Gasteiger partial charge in [-0.2, -0.15) is 0 Å². The topological polar surface area (TPSA) is 39.0 Å². The van der Waals surface area contributed by atoms with Crippen molar-refractivity contribution in [2.75, 3.05) is 13.1 Å². The summed E-state index contributed by atoms with van der Waals surface area (Å²) in [5, 5.41) is 3.36. The first-order valence-corrected chi connectivity index (χ1v) is 5.20. The van der Waals surface area contributed by atoms with Crippen LogP contribution in [0.15, 0.2) is 17.2 Å². The van der Waals surface area contributed by atoms with Gasteiger partial charge in [0.1, 0.15) is 0 Å². The van der Waals surface area contributed by atoms with Crippen LogP contribution in [0.3, 0.4) is 0 Å². The second-order valence-electron chi connectivity index (χ2n) is 4.49. The minimum Gasteiger partial charge on any atom is -0.316 e. The summed E-state index contributed by atoms with van der Waals surface area (Å²) < 4.78 is 3.47. The summed E-state index contributed by atoms with van der Waals surface area (Å²) in [6, 6.07) is 0. The van der Waals surface area contributed by atoms with Crippen molar-refractivity contribution in [3.05, 3.63) is 22.9 Å². The lowest BCUT2D eigenvalue weighted by Gasteiger charge is -2.04. The van der Waals surface area contributed by atoms with E-state index in [0.717, 1.165) is 37.4 Å². The van der Waals surface area contributed by atoms with Crippen molar-refractivity contribution in [1.29, 1.82) is 0 Å². The number of aryl methyl sites for hydroxylation is 1. The summed E-state index contributed by atoms with van der Waals surface area (Å²) in [6.45, 7) is 3.21. The summed E-state index contributed by atoms with van der Waals surface area (Å²) in [5.41, 5.74) is 0.114. The number of piperidine rings is 1. The molecular formula is C10H15N3O. The molecule has 1 aliphatic heterocycles. The van der Waals surface area contributed by atoms with Crippen LogP contribution in [0.5, 0.6) is 0 Å². The van der Waals surface area contributed by atoms with Gasteiger partial charge in [0.2, 0.25) is 0 Å². The maximum absolute atomic E-state index is 11.6. The van der Waals surface area contributed by atoms with Gasteiger partial charge in [-0.1, -0.05) is 0 Å². The Labute approximate surface area is 82.5 Å². The Balaban J connectivity index is 1.74. The lowest BCUT2D eigenvalue weighted by atomic mass is 10.3. The summed E-state index contributed by atoms with van der Waals surface area (Å²) in [7, 11) is 1.80. The van der Waals surface area contributed by atoms with E-state index < -0.39 is 0 Å². The highest BCUT2D eigenvalue weighted by molar-refractivity contribution is 5.04. The normalized spacial score (nSPS) is 34.5. The van der Waals surface area contributed by atoms with Gasteiger partial charge in [0.05, 0.1) is 0 Å². The number of hydrogen-bond acceptors (Lipinski definition) is 2. The first kappa shape index (κ1) is 8.29. The third kappa shape index (κ3) is 1.07. The minimum absolute atomic E-state index is 0.114. The van der Waals surface area contributed by atoms with Gasteiger partial charge in [-0.05, 0) is 30.8 Å². The van der Waals surface area contributed by atoms with Gasteiger partial charge in [-0.3, -0.25) is 4.57 Å². The highest BCUT2D eigenvalue weighted by Gasteiger charge is 2.52. The minimum atomic E-state index is 0.114. The Kier molecular flexibility index (Phi) is 1.62. The molecule has 2 aliphatic rings. The molecule has 2 atom stereocenters. The quantitative estimate of drug-likeness (QED) is 0.697. The van der Waals surface area contributed by atoms with Crippen molar-refractivity contribution in [2.24, 2.45) is 24.8 Å². The van der Waals surface area contributed by atoms with Crippen LogP contribution < -0.4 is 11.0 Å². The fraction of sp³-hybridized carbons (Fsp3) is 0.700. The number of imidazole rings is 1. The average Bonchev–Trinajstić information content (AvgIpc) is 2.56. The van der Waals surface area contributed by atoms with E-state index in [9.17, 15) is 4.79 Å². The molecule has 1 saturated heterocycles. The zero-order chi connectivity index (χ0) is 9.71. The van der Waals surface area contributed by atoms with E-state index in [-0.39, 0.29) is 5.69 Å². The predicted molar refractivity (Wildman–Crippen MR) is 53.0 cm³/mol. The molecule has 1 saturated carbocycles. The van der Waals surface area contributed by atoms with Crippen LogP contribution in [0, 0.1) is 17.8 Å². The molecule has 2 heterocycles. The van der Waals surface area contributed by atoms with Crippen LogP contribution in [-0.4, -0.2) is 22.2 Å².